The number of nitrogens with zero attached hydrogens (tertiary/aromatic N) is 2. The molecule has 2 aromatic carbocycles. The number of nitrogens with one attached hydrogen (secondary N) is 1. The molecular weight excluding hydrogens is 390 g/mol. The van der Waals surface area contributed by atoms with Crippen LogP contribution in [0.5, 0.6) is 11.5 Å². The van der Waals surface area contributed by atoms with Crippen LogP contribution in [0.3, 0.4) is 0 Å². The van der Waals surface area contributed by atoms with E-state index in [1.54, 1.807) is 6.07 Å². The lowest BCUT2D eigenvalue weighted by atomic mass is 9.89. The van der Waals surface area contributed by atoms with Crippen LogP contribution in [-0.2, 0) is 6.54 Å². The average Bonchev–Trinajstić information content (AvgIpc) is 2.80. The lowest BCUT2D eigenvalue weighted by Crippen LogP contribution is -2.42. The van der Waals surface area contributed by atoms with Crippen LogP contribution in [0.25, 0.3) is 0 Å². The third-order valence-electron chi connectivity index (χ3n) is 6.38. The maximum absolute atomic E-state index is 10.4. The van der Waals surface area contributed by atoms with Gasteiger partial charge >= 0.3 is 0 Å². The number of aromatic hydroxyl groups is 1. The number of hydrogen-bond donors (Lipinski definition) is 3. The Kier molecular flexibility index (Phi) is 7.81. The van der Waals surface area contributed by atoms with Crippen molar-refractivity contribution >= 4 is 0 Å². The number of likely N-dealkylation sites (tertiary alicyclic amines) is 1. The molecule has 6 heteroatoms. The van der Waals surface area contributed by atoms with E-state index in [-0.39, 0.29) is 0 Å². The standard InChI is InChI=1S/C25H35N3O3/c29-23-3-1-2-22(16-23)21-8-12-27(13-9-21)18-24(30)19-31-25-6-4-20(5-7-25)17-28-14-10-26-11-15-28/h1-7,16,21,24,26,29-30H,8-15,17-19H2. The number of phenols is 1. The second kappa shape index (κ2) is 11.0. The molecule has 0 amide bonds. The highest BCUT2D eigenvalue weighted by atomic mass is 16.5. The Morgan fingerprint density at radius 3 is 2.42 bits per heavy atom. The summed E-state index contributed by atoms with van der Waals surface area (Å²) < 4.78 is 5.83. The van der Waals surface area contributed by atoms with Crippen LogP contribution in [0, 0.1) is 0 Å². The van der Waals surface area contributed by atoms with Gasteiger partial charge in [-0.1, -0.05) is 24.3 Å². The van der Waals surface area contributed by atoms with Crippen LogP contribution >= 0.6 is 0 Å². The molecule has 2 saturated heterocycles. The van der Waals surface area contributed by atoms with E-state index in [1.807, 2.05) is 24.3 Å². The molecule has 2 heterocycles. The molecule has 3 N–H and O–H groups in total. The van der Waals surface area contributed by atoms with Gasteiger partial charge in [0, 0.05) is 39.3 Å². The summed E-state index contributed by atoms with van der Waals surface area (Å²) in [6.45, 7) is 8.14. The summed E-state index contributed by atoms with van der Waals surface area (Å²) in [5.74, 6) is 1.63. The minimum absolute atomic E-state index is 0.309. The molecule has 0 spiro atoms. The van der Waals surface area contributed by atoms with Gasteiger partial charge in [-0.15, -0.1) is 0 Å². The lowest BCUT2D eigenvalue weighted by molar-refractivity contribution is 0.0594. The fourth-order valence-electron chi connectivity index (χ4n) is 4.59. The van der Waals surface area contributed by atoms with Crippen LogP contribution in [0.1, 0.15) is 29.9 Å². The van der Waals surface area contributed by atoms with Crippen LogP contribution in [0.4, 0.5) is 0 Å². The van der Waals surface area contributed by atoms with Gasteiger partial charge in [-0.3, -0.25) is 4.90 Å². The predicted octanol–water partition coefficient (Wildman–Crippen LogP) is 2.42. The smallest absolute Gasteiger partial charge is 0.119 e. The molecule has 0 aromatic heterocycles. The topological polar surface area (TPSA) is 68.2 Å². The SMILES string of the molecule is Oc1cccc(C2CCN(CC(O)COc3ccc(CN4CCNCC4)cc3)CC2)c1. The molecule has 0 saturated carbocycles. The maximum Gasteiger partial charge on any atom is 0.119 e. The van der Waals surface area contributed by atoms with E-state index in [0.29, 0.717) is 24.8 Å². The molecule has 0 bridgehead atoms. The minimum Gasteiger partial charge on any atom is -0.508 e. The van der Waals surface area contributed by atoms with Crippen LogP contribution < -0.4 is 10.1 Å². The summed E-state index contributed by atoms with van der Waals surface area (Å²) in [5, 5.41) is 23.5. The lowest BCUT2D eigenvalue weighted by Gasteiger charge is -2.33. The Morgan fingerprint density at radius 1 is 0.968 bits per heavy atom. The van der Waals surface area contributed by atoms with Gasteiger partial charge in [0.2, 0.25) is 0 Å². The largest absolute Gasteiger partial charge is 0.508 e. The first-order valence-electron chi connectivity index (χ1n) is 11.5. The molecule has 1 unspecified atom stereocenters. The van der Waals surface area contributed by atoms with E-state index in [0.717, 1.165) is 64.4 Å². The van der Waals surface area contributed by atoms with Gasteiger partial charge in [0.05, 0.1) is 0 Å². The van der Waals surface area contributed by atoms with Crippen molar-refractivity contribution in [2.45, 2.75) is 31.4 Å². The van der Waals surface area contributed by atoms with Gasteiger partial charge in [-0.2, -0.15) is 0 Å². The number of phenolic OH excluding ortho intramolecular Hbond substituents is 1. The Hall–Kier alpha value is -2.12. The van der Waals surface area contributed by atoms with Crippen molar-refractivity contribution in [2.75, 3.05) is 52.4 Å². The highest BCUT2D eigenvalue weighted by Gasteiger charge is 2.22. The zero-order valence-corrected chi connectivity index (χ0v) is 18.2. The van der Waals surface area contributed by atoms with E-state index < -0.39 is 6.10 Å². The number of aliphatic hydroxyl groups is 1. The molecular formula is C25H35N3O3. The molecule has 31 heavy (non-hydrogen) atoms. The number of ether oxygens (including phenoxy) is 1. The minimum atomic E-state index is -0.502. The number of rotatable bonds is 8. The number of β-amino-alcohol motifs (C(OH)–C–C–N with tert-alkyl or cyclic N) is 1. The van der Waals surface area contributed by atoms with E-state index >= 15 is 0 Å². The van der Waals surface area contributed by atoms with Crippen LogP contribution in [-0.4, -0.2) is 78.5 Å². The summed E-state index contributed by atoms with van der Waals surface area (Å²) in [7, 11) is 0. The number of piperidine rings is 1. The van der Waals surface area contributed by atoms with E-state index in [9.17, 15) is 10.2 Å². The van der Waals surface area contributed by atoms with Gasteiger partial charge in [-0.25, -0.2) is 0 Å². The van der Waals surface area contributed by atoms with Crippen molar-refractivity contribution in [3.63, 3.8) is 0 Å². The molecule has 6 nitrogen and oxygen atoms in total. The summed E-state index contributed by atoms with van der Waals surface area (Å²) in [4.78, 5) is 4.77. The normalized spacial score (nSPS) is 19.9. The fourth-order valence-corrected chi connectivity index (χ4v) is 4.59. The number of aliphatic hydroxyl groups excluding tert-OH is 1. The quantitative estimate of drug-likeness (QED) is 0.604. The number of piperazine rings is 1. The van der Waals surface area contributed by atoms with Crippen molar-refractivity contribution in [3.05, 3.63) is 59.7 Å². The van der Waals surface area contributed by atoms with Crippen molar-refractivity contribution < 1.29 is 14.9 Å². The maximum atomic E-state index is 10.4. The van der Waals surface area contributed by atoms with Crippen molar-refractivity contribution in [1.29, 1.82) is 0 Å². The van der Waals surface area contributed by atoms with Crippen LogP contribution in [0.15, 0.2) is 48.5 Å². The van der Waals surface area contributed by atoms with E-state index in [4.69, 9.17) is 4.74 Å². The summed E-state index contributed by atoms with van der Waals surface area (Å²) >= 11 is 0. The molecule has 0 aliphatic carbocycles. The zero-order chi connectivity index (χ0) is 21.5. The number of hydrogen-bond acceptors (Lipinski definition) is 6. The Morgan fingerprint density at radius 2 is 1.71 bits per heavy atom. The van der Waals surface area contributed by atoms with Gasteiger partial charge in [0.1, 0.15) is 24.2 Å². The van der Waals surface area contributed by atoms with Gasteiger partial charge in [0.25, 0.3) is 0 Å². The fraction of sp³-hybridized carbons (Fsp3) is 0.520. The first kappa shape index (κ1) is 22.1. The average molecular weight is 426 g/mol. The van der Waals surface area contributed by atoms with E-state index in [1.165, 1.54) is 11.1 Å². The van der Waals surface area contributed by atoms with Gasteiger partial charge < -0.3 is 25.2 Å². The van der Waals surface area contributed by atoms with Crippen molar-refractivity contribution in [1.82, 2.24) is 15.1 Å². The molecule has 0 radical (unpaired) electrons. The molecule has 4 rings (SSSR count). The summed E-state index contributed by atoms with van der Waals surface area (Å²) in [6, 6.07) is 15.8. The second-order valence-electron chi connectivity index (χ2n) is 8.80. The first-order valence-corrected chi connectivity index (χ1v) is 11.5. The second-order valence-corrected chi connectivity index (χ2v) is 8.80. The summed E-state index contributed by atoms with van der Waals surface area (Å²) in [6.07, 6.45) is 1.59. The molecule has 2 aliphatic heterocycles. The van der Waals surface area contributed by atoms with Crippen molar-refractivity contribution in [2.24, 2.45) is 0 Å². The predicted molar refractivity (Wildman–Crippen MR) is 123 cm³/mol. The zero-order valence-electron chi connectivity index (χ0n) is 18.2. The van der Waals surface area contributed by atoms with Gasteiger partial charge in [-0.05, 0) is 67.2 Å². The summed E-state index contributed by atoms with van der Waals surface area (Å²) in [5.41, 5.74) is 2.51. The first-order chi connectivity index (χ1) is 15.2. The molecule has 1 atom stereocenters. The van der Waals surface area contributed by atoms with Gasteiger partial charge in [0.15, 0.2) is 0 Å². The van der Waals surface area contributed by atoms with Crippen molar-refractivity contribution in [3.8, 4) is 11.5 Å². The molecule has 2 fully saturated rings. The Labute approximate surface area is 185 Å². The number of benzene rings is 2. The monoisotopic (exact) mass is 425 g/mol. The highest BCUT2D eigenvalue weighted by Crippen LogP contribution is 2.29. The highest BCUT2D eigenvalue weighted by molar-refractivity contribution is 5.30. The van der Waals surface area contributed by atoms with E-state index in [2.05, 4.69) is 33.3 Å². The third-order valence-corrected chi connectivity index (χ3v) is 6.38. The third kappa shape index (κ3) is 6.68. The molecule has 2 aromatic rings. The molecule has 2 aliphatic rings. The Balaban J connectivity index is 1.16. The Bertz CT molecular complexity index is 800. The molecule has 168 valence electrons. The van der Waals surface area contributed by atoms with Crippen LogP contribution in [0.2, 0.25) is 0 Å².